The molecule has 0 saturated carbocycles. The van der Waals surface area contributed by atoms with Crippen molar-refractivity contribution in [2.45, 2.75) is 46.6 Å². The fraction of sp³-hybridized carbons (Fsp3) is 0.471. The number of hydrogen-bond acceptors (Lipinski definition) is 2. The van der Waals surface area contributed by atoms with Gasteiger partial charge in [-0.15, -0.1) is 0 Å². The van der Waals surface area contributed by atoms with Crippen LogP contribution in [0.2, 0.25) is 0 Å². The minimum absolute atomic E-state index is 0.187. The predicted octanol–water partition coefficient (Wildman–Crippen LogP) is 3.42. The Morgan fingerprint density at radius 3 is 2.20 bits per heavy atom. The van der Waals surface area contributed by atoms with Gasteiger partial charge in [0.1, 0.15) is 0 Å². The van der Waals surface area contributed by atoms with Crippen LogP contribution in [0.1, 0.15) is 37.7 Å². The van der Waals surface area contributed by atoms with Crippen LogP contribution in [0.15, 0.2) is 24.3 Å². The zero-order valence-corrected chi connectivity index (χ0v) is 13.2. The first kappa shape index (κ1) is 14.8. The van der Waals surface area contributed by atoms with E-state index in [1.807, 2.05) is 4.68 Å². The molecule has 0 unspecified atom stereocenters. The third-order valence-corrected chi connectivity index (χ3v) is 3.76. The molecule has 1 aromatic carbocycles. The van der Waals surface area contributed by atoms with E-state index in [0.717, 1.165) is 12.2 Å². The van der Waals surface area contributed by atoms with Crippen molar-refractivity contribution in [3.05, 3.63) is 41.2 Å². The summed E-state index contributed by atoms with van der Waals surface area (Å²) in [5, 5.41) is 4.58. The minimum Gasteiger partial charge on any atom is -0.329 e. The normalized spacial score (nSPS) is 11.9. The molecular weight excluding hydrogens is 246 g/mol. The highest BCUT2D eigenvalue weighted by Crippen LogP contribution is 2.29. The van der Waals surface area contributed by atoms with Crippen LogP contribution in [0.5, 0.6) is 0 Å². The summed E-state index contributed by atoms with van der Waals surface area (Å²) in [6.07, 6.45) is 0. The van der Waals surface area contributed by atoms with Gasteiger partial charge in [-0.25, -0.2) is 0 Å². The average molecular weight is 271 g/mol. The van der Waals surface area contributed by atoms with Crippen molar-refractivity contribution >= 4 is 0 Å². The Hall–Kier alpha value is -1.61. The molecule has 0 amide bonds. The van der Waals surface area contributed by atoms with E-state index in [2.05, 4.69) is 64.0 Å². The van der Waals surface area contributed by atoms with Gasteiger partial charge in [-0.1, -0.05) is 45.0 Å². The van der Waals surface area contributed by atoms with Gasteiger partial charge in [-0.3, -0.25) is 4.68 Å². The summed E-state index contributed by atoms with van der Waals surface area (Å²) >= 11 is 0. The third-order valence-electron chi connectivity index (χ3n) is 3.76. The summed E-state index contributed by atoms with van der Waals surface area (Å²) in [5.74, 6) is 0. The summed E-state index contributed by atoms with van der Waals surface area (Å²) in [5.41, 5.74) is 11.9. The van der Waals surface area contributed by atoms with E-state index in [1.165, 1.54) is 22.4 Å². The van der Waals surface area contributed by atoms with Gasteiger partial charge in [-0.05, 0) is 30.4 Å². The minimum atomic E-state index is 0.187. The monoisotopic (exact) mass is 271 g/mol. The lowest BCUT2D eigenvalue weighted by Gasteiger charge is -2.19. The van der Waals surface area contributed by atoms with Crippen LogP contribution in [-0.2, 0) is 12.0 Å². The van der Waals surface area contributed by atoms with E-state index in [1.54, 1.807) is 0 Å². The Balaban J connectivity index is 2.42. The number of rotatable bonds is 3. The summed E-state index contributed by atoms with van der Waals surface area (Å²) in [6, 6.07) is 8.83. The SMILES string of the molecule is Cc1nn(CCN)c(C)c1-c1ccc(C(C)(C)C)cc1. The van der Waals surface area contributed by atoms with Gasteiger partial charge in [0.2, 0.25) is 0 Å². The van der Waals surface area contributed by atoms with E-state index in [0.29, 0.717) is 6.54 Å². The molecule has 0 aliphatic heterocycles. The third kappa shape index (κ3) is 2.78. The first-order valence-electron chi connectivity index (χ1n) is 7.19. The number of hydrogen-bond donors (Lipinski definition) is 1. The molecular formula is C17H25N3. The van der Waals surface area contributed by atoms with Gasteiger partial charge < -0.3 is 5.73 Å². The summed E-state index contributed by atoms with van der Waals surface area (Å²) in [6.45, 7) is 12.3. The fourth-order valence-electron chi connectivity index (χ4n) is 2.59. The molecule has 2 aromatic rings. The van der Waals surface area contributed by atoms with Crippen LogP contribution in [0.3, 0.4) is 0 Å². The average Bonchev–Trinajstić information content (AvgIpc) is 2.64. The van der Waals surface area contributed by atoms with Crippen molar-refractivity contribution in [1.82, 2.24) is 9.78 Å². The molecule has 0 fully saturated rings. The van der Waals surface area contributed by atoms with Crippen LogP contribution in [-0.4, -0.2) is 16.3 Å². The second kappa shape index (κ2) is 5.41. The molecule has 2 rings (SSSR count). The smallest absolute Gasteiger partial charge is 0.0674 e. The predicted molar refractivity (Wildman–Crippen MR) is 84.9 cm³/mol. The van der Waals surface area contributed by atoms with Gasteiger partial charge in [0.15, 0.2) is 0 Å². The van der Waals surface area contributed by atoms with E-state index in [-0.39, 0.29) is 5.41 Å². The molecule has 0 saturated heterocycles. The number of benzene rings is 1. The number of aromatic nitrogens is 2. The van der Waals surface area contributed by atoms with E-state index in [4.69, 9.17) is 5.73 Å². The molecule has 0 aliphatic rings. The highest BCUT2D eigenvalue weighted by molar-refractivity contribution is 5.68. The lowest BCUT2D eigenvalue weighted by Crippen LogP contribution is -2.12. The quantitative estimate of drug-likeness (QED) is 0.929. The first-order chi connectivity index (χ1) is 9.34. The second-order valence-corrected chi connectivity index (χ2v) is 6.38. The summed E-state index contributed by atoms with van der Waals surface area (Å²) in [4.78, 5) is 0. The highest BCUT2D eigenvalue weighted by Gasteiger charge is 2.16. The maximum absolute atomic E-state index is 5.63. The molecule has 0 radical (unpaired) electrons. The lowest BCUT2D eigenvalue weighted by molar-refractivity contribution is 0.590. The lowest BCUT2D eigenvalue weighted by atomic mass is 9.86. The Kier molecular flexibility index (Phi) is 4.00. The molecule has 2 N–H and O–H groups in total. The maximum Gasteiger partial charge on any atom is 0.0674 e. The molecule has 1 heterocycles. The Labute approximate surface area is 121 Å². The molecule has 0 bridgehead atoms. The van der Waals surface area contributed by atoms with E-state index in [9.17, 15) is 0 Å². The first-order valence-corrected chi connectivity index (χ1v) is 7.19. The molecule has 3 nitrogen and oxygen atoms in total. The van der Waals surface area contributed by atoms with Gasteiger partial charge in [-0.2, -0.15) is 5.10 Å². The van der Waals surface area contributed by atoms with Crippen molar-refractivity contribution in [2.24, 2.45) is 5.73 Å². The Morgan fingerprint density at radius 1 is 1.10 bits per heavy atom. The summed E-state index contributed by atoms with van der Waals surface area (Å²) < 4.78 is 2.00. The molecule has 1 aromatic heterocycles. The molecule has 3 heteroatoms. The largest absolute Gasteiger partial charge is 0.329 e. The molecule has 108 valence electrons. The van der Waals surface area contributed by atoms with Gasteiger partial charge in [0.05, 0.1) is 12.2 Å². The summed E-state index contributed by atoms with van der Waals surface area (Å²) in [7, 11) is 0. The van der Waals surface area contributed by atoms with E-state index < -0.39 is 0 Å². The van der Waals surface area contributed by atoms with Crippen molar-refractivity contribution in [2.75, 3.05) is 6.54 Å². The van der Waals surface area contributed by atoms with Crippen molar-refractivity contribution in [1.29, 1.82) is 0 Å². The van der Waals surface area contributed by atoms with Crippen molar-refractivity contribution in [3.8, 4) is 11.1 Å². The van der Waals surface area contributed by atoms with Crippen LogP contribution in [0.25, 0.3) is 11.1 Å². The fourth-order valence-corrected chi connectivity index (χ4v) is 2.59. The molecule has 0 spiro atoms. The molecule has 20 heavy (non-hydrogen) atoms. The van der Waals surface area contributed by atoms with E-state index >= 15 is 0 Å². The highest BCUT2D eigenvalue weighted by atomic mass is 15.3. The maximum atomic E-state index is 5.63. The van der Waals surface area contributed by atoms with Gasteiger partial charge in [0.25, 0.3) is 0 Å². The second-order valence-electron chi connectivity index (χ2n) is 6.38. The number of nitrogens with zero attached hydrogens (tertiary/aromatic N) is 2. The Bertz CT molecular complexity index is 586. The van der Waals surface area contributed by atoms with Crippen LogP contribution >= 0.6 is 0 Å². The zero-order valence-electron chi connectivity index (χ0n) is 13.2. The van der Waals surface area contributed by atoms with Crippen LogP contribution in [0, 0.1) is 13.8 Å². The number of aryl methyl sites for hydroxylation is 1. The number of nitrogens with two attached hydrogens (primary N) is 1. The topological polar surface area (TPSA) is 43.8 Å². The van der Waals surface area contributed by atoms with Crippen LogP contribution < -0.4 is 5.73 Å². The van der Waals surface area contributed by atoms with Crippen molar-refractivity contribution < 1.29 is 0 Å². The van der Waals surface area contributed by atoms with Crippen molar-refractivity contribution in [3.63, 3.8) is 0 Å². The van der Waals surface area contributed by atoms with Gasteiger partial charge in [0, 0.05) is 17.8 Å². The van der Waals surface area contributed by atoms with Crippen LogP contribution in [0.4, 0.5) is 0 Å². The Morgan fingerprint density at radius 2 is 1.70 bits per heavy atom. The van der Waals surface area contributed by atoms with Gasteiger partial charge >= 0.3 is 0 Å². The molecule has 0 atom stereocenters. The molecule has 0 aliphatic carbocycles. The zero-order chi connectivity index (χ0) is 14.9. The standard InChI is InChI=1S/C17H25N3/c1-12-16(13(2)20(19-12)11-10-18)14-6-8-15(9-7-14)17(3,4)5/h6-9H,10-11,18H2,1-5H3.